The lowest BCUT2D eigenvalue weighted by Crippen LogP contribution is -2.36. The molecule has 1 aliphatic heterocycles. The van der Waals surface area contributed by atoms with Gasteiger partial charge in [-0.3, -0.25) is 14.6 Å². The van der Waals surface area contributed by atoms with Crippen LogP contribution in [0.25, 0.3) is 0 Å². The smallest absolute Gasteiger partial charge is 0.164 e. The van der Waals surface area contributed by atoms with Crippen LogP contribution in [0.3, 0.4) is 0 Å². The van der Waals surface area contributed by atoms with Crippen molar-refractivity contribution in [1.82, 2.24) is 0 Å². The third kappa shape index (κ3) is 3.00. The highest BCUT2D eigenvalue weighted by Crippen LogP contribution is 2.29. The largest absolute Gasteiger partial charge is 0.390 e. The molecule has 4 atom stereocenters. The van der Waals surface area contributed by atoms with Gasteiger partial charge in [0, 0.05) is 0 Å². The molecule has 1 aliphatic rings. The van der Waals surface area contributed by atoms with Gasteiger partial charge in [-0.25, -0.2) is 0 Å². The van der Waals surface area contributed by atoms with E-state index in [1.807, 2.05) is 6.92 Å². The monoisotopic (exact) mass is 239 g/mol. The molecule has 1 heterocycles. The minimum atomic E-state index is -0.834. The van der Waals surface area contributed by atoms with Crippen molar-refractivity contribution in [1.29, 1.82) is 0 Å². The summed E-state index contributed by atoms with van der Waals surface area (Å²) < 4.78 is 0. The van der Waals surface area contributed by atoms with E-state index in [0.717, 1.165) is 19.3 Å². The number of aldehydes is 1. The van der Waals surface area contributed by atoms with E-state index in [9.17, 15) is 14.7 Å². The van der Waals surface area contributed by atoms with Crippen LogP contribution in [-0.2, 0) is 9.59 Å². The van der Waals surface area contributed by atoms with Crippen LogP contribution in [-0.4, -0.2) is 35.0 Å². The molecule has 0 amide bonds. The van der Waals surface area contributed by atoms with Crippen molar-refractivity contribution in [3.05, 3.63) is 0 Å². The number of carbonyl (C=O) groups is 2. The Balaban J connectivity index is 2.79. The molecule has 4 nitrogen and oxygen atoms in total. The summed E-state index contributed by atoms with van der Waals surface area (Å²) in [5.41, 5.74) is 0.207. The van der Waals surface area contributed by atoms with Crippen molar-refractivity contribution in [2.45, 2.75) is 52.2 Å². The quantitative estimate of drug-likeness (QED) is 0.712. The zero-order valence-electron chi connectivity index (χ0n) is 10.7. The predicted octanol–water partition coefficient (Wildman–Crippen LogP) is 1.40. The molecule has 4 unspecified atom stereocenters. The van der Waals surface area contributed by atoms with E-state index < -0.39 is 12.0 Å². The molecule has 0 aromatic rings. The minimum absolute atomic E-state index is 0.187. The Morgan fingerprint density at radius 3 is 2.65 bits per heavy atom. The van der Waals surface area contributed by atoms with Crippen LogP contribution in [0.15, 0.2) is 4.99 Å². The zero-order valence-corrected chi connectivity index (χ0v) is 10.7. The molecular formula is C13H21NO3. The van der Waals surface area contributed by atoms with E-state index in [0.29, 0.717) is 6.29 Å². The van der Waals surface area contributed by atoms with Crippen molar-refractivity contribution in [2.75, 3.05) is 0 Å². The minimum Gasteiger partial charge on any atom is -0.390 e. The summed E-state index contributed by atoms with van der Waals surface area (Å²) in [6.07, 6.45) is 2.88. The van der Waals surface area contributed by atoms with Gasteiger partial charge in [0.05, 0.1) is 23.8 Å². The van der Waals surface area contributed by atoms with Gasteiger partial charge in [-0.05, 0) is 19.3 Å². The van der Waals surface area contributed by atoms with Gasteiger partial charge in [-0.15, -0.1) is 0 Å². The number of aliphatic hydroxyl groups is 1. The van der Waals surface area contributed by atoms with Crippen LogP contribution in [0.5, 0.6) is 0 Å². The van der Waals surface area contributed by atoms with Gasteiger partial charge in [0.25, 0.3) is 0 Å². The molecule has 0 saturated carbocycles. The second-order valence-corrected chi connectivity index (χ2v) is 4.86. The lowest BCUT2D eigenvalue weighted by molar-refractivity contribution is -0.122. The first-order chi connectivity index (χ1) is 8.02. The van der Waals surface area contributed by atoms with Crippen LogP contribution in [0.4, 0.5) is 0 Å². The Labute approximate surface area is 102 Å². The number of carbonyl (C=O) groups excluding carboxylic acids is 2. The summed E-state index contributed by atoms with van der Waals surface area (Å²) >= 11 is 0. The molecule has 0 saturated heterocycles. The first kappa shape index (κ1) is 14.0. The van der Waals surface area contributed by atoms with E-state index in [1.54, 1.807) is 0 Å². The average Bonchev–Trinajstić information content (AvgIpc) is 2.63. The van der Waals surface area contributed by atoms with Crippen molar-refractivity contribution in [3.8, 4) is 0 Å². The van der Waals surface area contributed by atoms with E-state index in [1.165, 1.54) is 6.92 Å². The normalized spacial score (nSPS) is 29.9. The molecule has 0 spiro atoms. The Morgan fingerprint density at radius 2 is 2.24 bits per heavy atom. The molecule has 1 N–H and O–H groups in total. The van der Waals surface area contributed by atoms with E-state index in [4.69, 9.17) is 0 Å². The van der Waals surface area contributed by atoms with Gasteiger partial charge in [0.2, 0.25) is 0 Å². The number of ketones is 1. The van der Waals surface area contributed by atoms with Gasteiger partial charge in [0.1, 0.15) is 5.78 Å². The Bertz CT molecular complexity index is 325. The Morgan fingerprint density at radius 1 is 1.59 bits per heavy atom. The molecule has 1 rings (SSSR count). The van der Waals surface area contributed by atoms with Crippen molar-refractivity contribution < 1.29 is 14.7 Å². The number of hydrogen-bond acceptors (Lipinski definition) is 4. The molecule has 17 heavy (non-hydrogen) atoms. The second kappa shape index (κ2) is 6.05. The lowest BCUT2D eigenvalue weighted by atomic mass is 9.86. The van der Waals surface area contributed by atoms with Crippen LogP contribution in [0, 0.1) is 11.8 Å². The number of Topliss-reactive ketones (excluding diaryl/α,β-unsaturated/α-hetero) is 1. The molecule has 0 radical (unpaired) electrons. The molecule has 96 valence electrons. The molecule has 0 aromatic heterocycles. The summed E-state index contributed by atoms with van der Waals surface area (Å²) in [4.78, 5) is 26.5. The number of nitrogens with zero attached hydrogens (tertiary/aromatic N) is 1. The van der Waals surface area contributed by atoms with Crippen molar-refractivity contribution in [3.63, 3.8) is 0 Å². The van der Waals surface area contributed by atoms with Crippen LogP contribution in [0.1, 0.15) is 40.0 Å². The maximum Gasteiger partial charge on any atom is 0.164 e. The highest BCUT2D eigenvalue weighted by atomic mass is 16.3. The van der Waals surface area contributed by atoms with Crippen LogP contribution < -0.4 is 0 Å². The number of hydrogen-bond donors (Lipinski definition) is 1. The van der Waals surface area contributed by atoms with E-state index >= 15 is 0 Å². The summed E-state index contributed by atoms with van der Waals surface area (Å²) in [6, 6.07) is -0.310. The second-order valence-electron chi connectivity index (χ2n) is 4.86. The lowest BCUT2D eigenvalue weighted by Gasteiger charge is -2.22. The van der Waals surface area contributed by atoms with E-state index in [2.05, 4.69) is 11.9 Å². The molecule has 0 bridgehead atoms. The number of unbranched alkanes of at least 4 members (excludes halogenated alkanes) is 1. The summed E-state index contributed by atoms with van der Waals surface area (Å²) in [6.45, 7) is 5.51. The molecule has 4 heteroatoms. The first-order valence-electron chi connectivity index (χ1n) is 6.24. The van der Waals surface area contributed by atoms with Gasteiger partial charge >= 0.3 is 0 Å². The standard InChI is InChI=1S/C13H21NO3/c1-4-5-6-8(2)12-13(17)11(9(3)16)10(7-15)14-12/h7-8,11-13,17H,4-6H2,1-3H3. The predicted molar refractivity (Wildman–Crippen MR) is 66.2 cm³/mol. The van der Waals surface area contributed by atoms with Gasteiger partial charge in [0.15, 0.2) is 6.29 Å². The Hall–Kier alpha value is -1.03. The maximum absolute atomic E-state index is 11.4. The third-order valence-corrected chi connectivity index (χ3v) is 3.46. The van der Waals surface area contributed by atoms with Crippen LogP contribution in [0.2, 0.25) is 0 Å². The fourth-order valence-electron chi connectivity index (χ4n) is 2.41. The van der Waals surface area contributed by atoms with Gasteiger partial charge < -0.3 is 5.11 Å². The average molecular weight is 239 g/mol. The van der Waals surface area contributed by atoms with Crippen molar-refractivity contribution >= 4 is 17.8 Å². The highest BCUT2D eigenvalue weighted by molar-refractivity contribution is 6.35. The number of aliphatic hydroxyl groups excluding tert-OH is 1. The number of rotatable bonds is 6. The summed E-state index contributed by atoms with van der Waals surface area (Å²) in [5.74, 6) is -0.709. The summed E-state index contributed by atoms with van der Waals surface area (Å²) in [5, 5.41) is 10.1. The summed E-state index contributed by atoms with van der Waals surface area (Å²) in [7, 11) is 0. The van der Waals surface area contributed by atoms with Gasteiger partial charge in [-0.1, -0.05) is 26.7 Å². The molecule has 0 aromatic carbocycles. The fourth-order valence-corrected chi connectivity index (χ4v) is 2.41. The molecular weight excluding hydrogens is 218 g/mol. The molecule has 0 aliphatic carbocycles. The first-order valence-corrected chi connectivity index (χ1v) is 6.24. The fraction of sp³-hybridized carbons (Fsp3) is 0.769. The maximum atomic E-state index is 11.4. The molecule has 0 fully saturated rings. The topological polar surface area (TPSA) is 66.7 Å². The van der Waals surface area contributed by atoms with Crippen LogP contribution >= 0.6 is 0 Å². The highest BCUT2D eigenvalue weighted by Gasteiger charge is 2.42. The number of aliphatic imine (C=N–C) groups is 1. The third-order valence-electron chi connectivity index (χ3n) is 3.46. The van der Waals surface area contributed by atoms with Gasteiger partial charge in [-0.2, -0.15) is 0 Å². The van der Waals surface area contributed by atoms with E-state index in [-0.39, 0.29) is 23.5 Å². The zero-order chi connectivity index (χ0) is 13.0. The Kier molecular flexibility index (Phi) is 5.00. The SMILES string of the molecule is CCCCC(C)C1N=C(C=O)C(C(C)=O)C1O. The van der Waals surface area contributed by atoms with Crippen molar-refractivity contribution in [2.24, 2.45) is 16.8 Å².